The van der Waals surface area contributed by atoms with Crippen LogP contribution in [0.4, 0.5) is 0 Å². The molecule has 3 aromatic rings. The van der Waals surface area contributed by atoms with Crippen molar-refractivity contribution < 1.29 is 14.3 Å². The van der Waals surface area contributed by atoms with Gasteiger partial charge in [0.1, 0.15) is 0 Å². The second kappa shape index (κ2) is 9.67. The molecule has 2 heterocycles. The van der Waals surface area contributed by atoms with E-state index in [1.165, 1.54) is 0 Å². The molecule has 1 aliphatic heterocycles. The fourth-order valence-corrected chi connectivity index (χ4v) is 4.57. The maximum Gasteiger partial charge on any atom is 0.254 e. The number of amides is 1. The zero-order valence-electron chi connectivity index (χ0n) is 18.5. The van der Waals surface area contributed by atoms with Crippen molar-refractivity contribution >= 4 is 16.8 Å². The van der Waals surface area contributed by atoms with Crippen molar-refractivity contribution in [2.24, 2.45) is 5.92 Å². The third-order valence-corrected chi connectivity index (χ3v) is 6.38. The van der Waals surface area contributed by atoms with Gasteiger partial charge in [-0.1, -0.05) is 55.5 Å². The summed E-state index contributed by atoms with van der Waals surface area (Å²) in [6, 6.07) is 18.5. The average Bonchev–Trinajstić information content (AvgIpc) is 3.17. The van der Waals surface area contributed by atoms with Crippen LogP contribution in [-0.4, -0.2) is 37.4 Å². The molecule has 1 amide bonds. The molecule has 2 aromatic carbocycles. The SMILES string of the molecule is COCCC(C)Cn1cc(C(=O)NC2(c3ccccc3)CCOCC2)c2ccccc21. The van der Waals surface area contributed by atoms with Crippen LogP contribution in [0.15, 0.2) is 60.8 Å². The Morgan fingerprint density at radius 2 is 1.84 bits per heavy atom. The molecule has 1 atom stereocenters. The normalized spacial score (nSPS) is 16.8. The summed E-state index contributed by atoms with van der Waals surface area (Å²) < 4.78 is 13.1. The summed E-state index contributed by atoms with van der Waals surface area (Å²) in [4.78, 5) is 13.6. The zero-order valence-corrected chi connectivity index (χ0v) is 18.5. The second-order valence-corrected chi connectivity index (χ2v) is 8.61. The highest BCUT2D eigenvalue weighted by Crippen LogP contribution is 2.33. The average molecular weight is 421 g/mol. The van der Waals surface area contributed by atoms with Gasteiger partial charge in [-0.3, -0.25) is 4.79 Å². The van der Waals surface area contributed by atoms with Crippen LogP contribution >= 0.6 is 0 Å². The molecule has 0 radical (unpaired) electrons. The molecular weight excluding hydrogens is 388 g/mol. The molecule has 0 spiro atoms. The lowest BCUT2D eigenvalue weighted by molar-refractivity contribution is 0.0346. The number of fused-ring (bicyclic) bond motifs is 1. The summed E-state index contributed by atoms with van der Waals surface area (Å²) in [6.45, 7) is 5.12. The number of rotatable bonds is 8. The summed E-state index contributed by atoms with van der Waals surface area (Å²) in [5, 5.41) is 4.40. The van der Waals surface area contributed by atoms with E-state index in [0.29, 0.717) is 19.1 Å². The minimum absolute atomic E-state index is 0.0229. The molecule has 0 bridgehead atoms. The van der Waals surface area contributed by atoms with Gasteiger partial charge in [0.2, 0.25) is 0 Å². The summed E-state index contributed by atoms with van der Waals surface area (Å²) in [5.41, 5.74) is 2.57. The highest BCUT2D eigenvalue weighted by Gasteiger charge is 2.36. The number of nitrogens with one attached hydrogen (secondary N) is 1. The Kier molecular flexibility index (Phi) is 6.73. The summed E-state index contributed by atoms with van der Waals surface area (Å²) in [5.74, 6) is 0.433. The van der Waals surface area contributed by atoms with Crippen LogP contribution in [0.1, 0.15) is 42.1 Å². The van der Waals surface area contributed by atoms with Gasteiger partial charge >= 0.3 is 0 Å². The van der Waals surface area contributed by atoms with Gasteiger partial charge < -0.3 is 19.4 Å². The maximum atomic E-state index is 13.6. The predicted molar refractivity (Wildman–Crippen MR) is 123 cm³/mol. The Hall–Kier alpha value is -2.63. The zero-order chi connectivity index (χ0) is 21.7. The smallest absolute Gasteiger partial charge is 0.254 e. The van der Waals surface area contributed by atoms with E-state index < -0.39 is 5.54 Å². The Balaban J connectivity index is 1.64. The van der Waals surface area contributed by atoms with Gasteiger partial charge in [-0.05, 0) is 36.8 Å². The first-order valence-corrected chi connectivity index (χ1v) is 11.2. The molecule has 0 aliphatic carbocycles. The fourth-order valence-electron chi connectivity index (χ4n) is 4.57. The van der Waals surface area contributed by atoms with Crippen molar-refractivity contribution in [3.8, 4) is 0 Å². The Bertz CT molecular complexity index is 1010. The first-order chi connectivity index (χ1) is 15.1. The lowest BCUT2D eigenvalue weighted by atomic mass is 9.82. The minimum atomic E-state index is -0.397. The molecule has 5 heteroatoms. The molecule has 31 heavy (non-hydrogen) atoms. The predicted octanol–water partition coefficient (Wildman–Crippen LogP) is 4.75. The molecule has 1 N–H and O–H groups in total. The highest BCUT2D eigenvalue weighted by molar-refractivity contribution is 6.07. The second-order valence-electron chi connectivity index (χ2n) is 8.61. The van der Waals surface area contributed by atoms with Crippen molar-refractivity contribution in [2.45, 2.75) is 38.3 Å². The monoisotopic (exact) mass is 420 g/mol. The highest BCUT2D eigenvalue weighted by atomic mass is 16.5. The van der Waals surface area contributed by atoms with Gasteiger partial charge in [-0.15, -0.1) is 0 Å². The van der Waals surface area contributed by atoms with Gasteiger partial charge in [-0.2, -0.15) is 0 Å². The number of carbonyl (C=O) groups excluding carboxylic acids is 1. The van der Waals surface area contributed by atoms with E-state index in [-0.39, 0.29) is 5.91 Å². The first-order valence-electron chi connectivity index (χ1n) is 11.2. The molecule has 0 saturated carbocycles. The third kappa shape index (κ3) is 4.68. The standard InChI is InChI=1S/C26H32N2O3/c1-20(12-15-30-2)18-28-19-23(22-10-6-7-11-24(22)28)25(29)27-26(13-16-31-17-14-26)21-8-4-3-5-9-21/h3-11,19-20H,12-18H2,1-2H3,(H,27,29). The topological polar surface area (TPSA) is 52.5 Å². The molecule has 1 unspecified atom stereocenters. The van der Waals surface area contributed by atoms with E-state index in [1.807, 2.05) is 42.6 Å². The molecule has 1 fully saturated rings. The number of ether oxygens (including phenoxy) is 2. The maximum absolute atomic E-state index is 13.6. The number of para-hydroxylation sites is 1. The van der Waals surface area contributed by atoms with Crippen molar-refractivity contribution in [3.63, 3.8) is 0 Å². The van der Waals surface area contributed by atoms with Crippen LogP contribution in [0.3, 0.4) is 0 Å². The quantitative estimate of drug-likeness (QED) is 0.572. The van der Waals surface area contributed by atoms with Gasteiger partial charge in [0, 0.05) is 50.6 Å². The van der Waals surface area contributed by atoms with E-state index in [4.69, 9.17) is 9.47 Å². The van der Waals surface area contributed by atoms with Gasteiger partial charge in [0.05, 0.1) is 11.1 Å². The third-order valence-electron chi connectivity index (χ3n) is 6.38. The first kappa shape index (κ1) is 21.6. The van der Waals surface area contributed by atoms with Gasteiger partial charge in [0.15, 0.2) is 0 Å². The lowest BCUT2D eigenvalue weighted by Crippen LogP contribution is -2.49. The molecule has 164 valence electrons. The summed E-state index contributed by atoms with van der Waals surface area (Å²) >= 11 is 0. The van der Waals surface area contributed by atoms with Crippen molar-refractivity contribution in [1.82, 2.24) is 9.88 Å². The fraction of sp³-hybridized carbons (Fsp3) is 0.423. The Morgan fingerprint density at radius 3 is 2.58 bits per heavy atom. The molecule has 1 aromatic heterocycles. The molecule has 4 rings (SSSR count). The van der Waals surface area contributed by atoms with Crippen LogP contribution in [0.25, 0.3) is 10.9 Å². The lowest BCUT2D eigenvalue weighted by Gasteiger charge is -2.38. The van der Waals surface area contributed by atoms with Crippen molar-refractivity contribution in [2.75, 3.05) is 26.9 Å². The summed E-state index contributed by atoms with van der Waals surface area (Å²) in [7, 11) is 1.74. The molecular formula is C26H32N2O3. The number of nitrogens with zero attached hydrogens (tertiary/aromatic N) is 1. The van der Waals surface area contributed by atoms with Gasteiger partial charge in [-0.25, -0.2) is 0 Å². The van der Waals surface area contributed by atoms with Crippen molar-refractivity contribution in [1.29, 1.82) is 0 Å². The molecule has 1 aliphatic rings. The number of hydrogen-bond acceptors (Lipinski definition) is 3. The number of carbonyl (C=O) groups is 1. The van der Waals surface area contributed by atoms with Crippen LogP contribution in [0.2, 0.25) is 0 Å². The Morgan fingerprint density at radius 1 is 1.13 bits per heavy atom. The number of benzene rings is 2. The molecule has 1 saturated heterocycles. The molecule has 5 nitrogen and oxygen atoms in total. The largest absolute Gasteiger partial charge is 0.385 e. The number of aromatic nitrogens is 1. The van der Waals surface area contributed by atoms with Crippen LogP contribution < -0.4 is 5.32 Å². The number of hydrogen-bond donors (Lipinski definition) is 1. The van der Waals surface area contributed by atoms with E-state index >= 15 is 0 Å². The van der Waals surface area contributed by atoms with E-state index in [9.17, 15) is 4.79 Å². The number of methoxy groups -OCH3 is 1. The van der Waals surface area contributed by atoms with Crippen LogP contribution in [0.5, 0.6) is 0 Å². The van der Waals surface area contributed by atoms with Gasteiger partial charge in [0.25, 0.3) is 5.91 Å². The Labute approximate surface area is 184 Å². The van der Waals surface area contributed by atoms with E-state index in [1.54, 1.807) is 7.11 Å². The van der Waals surface area contributed by atoms with E-state index in [2.05, 4.69) is 35.0 Å². The van der Waals surface area contributed by atoms with Crippen LogP contribution in [-0.2, 0) is 21.6 Å². The van der Waals surface area contributed by atoms with E-state index in [0.717, 1.165) is 54.4 Å². The minimum Gasteiger partial charge on any atom is -0.385 e. The van der Waals surface area contributed by atoms with Crippen molar-refractivity contribution in [3.05, 3.63) is 71.9 Å². The van der Waals surface area contributed by atoms with Crippen LogP contribution in [0, 0.1) is 5.92 Å². The summed E-state index contributed by atoms with van der Waals surface area (Å²) in [6.07, 6.45) is 4.55.